The van der Waals surface area contributed by atoms with Gasteiger partial charge in [-0.1, -0.05) is 34.8 Å². The minimum Gasteiger partial charge on any atom is -0.220 e. The molecule has 0 saturated heterocycles. The minimum absolute atomic E-state index is 0.0712. The fraction of sp³-hybridized carbons (Fsp3) is 0. The molecule has 2 rings (SSSR count). The van der Waals surface area contributed by atoms with E-state index in [1.807, 2.05) is 0 Å². The summed E-state index contributed by atoms with van der Waals surface area (Å²) in [6.45, 7) is 0. The van der Waals surface area contributed by atoms with E-state index in [2.05, 4.69) is 15.0 Å². The Hall–Kier alpha value is -0.420. The van der Waals surface area contributed by atoms with E-state index >= 15 is 0 Å². The molecule has 78 valence electrons. The number of hydrogen-bond donors (Lipinski definition) is 0. The second-order valence-corrected chi connectivity index (χ2v) is 3.93. The van der Waals surface area contributed by atoms with Crippen molar-refractivity contribution in [1.29, 1.82) is 0 Å². The van der Waals surface area contributed by atoms with E-state index in [-0.39, 0.29) is 26.5 Å². The van der Waals surface area contributed by atoms with Gasteiger partial charge in [-0.2, -0.15) is 0 Å². The zero-order chi connectivity index (χ0) is 11.2. The van der Waals surface area contributed by atoms with Crippen molar-refractivity contribution in [2.45, 2.75) is 0 Å². The number of fused-ring (bicyclic) bond motifs is 1. The lowest BCUT2D eigenvalue weighted by Gasteiger charge is -2.03. The third kappa shape index (κ3) is 1.83. The van der Waals surface area contributed by atoms with Crippen molar-refractivity contribution in [3.63, 3.8) is 0 Å². The summed E-state index contributed by atoms with van der Waals surface area (Å²) in [5, 5.41) is -0.635. The fourth-order valence-electron chi connectivity index (χ4n) is 1.04. The standard InChI is InChI=1S/C7Cl4FN3/c8-4-1-3(2(12)6(10)14-4)13-7(11)15-5(1)9. The van der Waals surface area contributed by atoms with Gasteiger partial charge in [-0.15, -0.1) is 0 Å². The molecule has 2 aromatic heterocycles. The Balaban J connectivity index is 3.02. The summed E-state index contributed by atoms with van der Waals surface area (Å²) in [4.78, 5) is 10.8. The Kier molecular flexibility index (Phi) is 2.85. The molecule has 0 spiro atoms. The van der Waals surface area contributed by atoms with E-state index in [4.69, 9.17) is 46.4 Å². The van der Waals surface area contributed by atoms with Crippen LogP contribution in [0.2, 0.25) is 20.7 Å². The van der Waals surface area contributed by atoms with Gasteiger partial charge in [-0.05, 0) is 11.6 Å². The topological polar surface area (TPSA) is 38.7 Å². The first-order valence-electron chi connectivity index (χ1n) is 3.54. The predicted octanol–water partition coefficient (Wildman–Crippen LogP) is 3.78. The molecule has 0 unspecified atom stereocenters. The van der Waals surface area contributed by atoms with Gasteiger partial charge in [0, 0.05) is 0 Å². The second-order valence-electron chi connectivity index (χ2n) is 2.51. The highest BCUT2D eigenvalue weighted by Gasteiger charge is 2.17. The molecule has 0 N–H and O–H groups in total. The summed E-state index contributed by atoms with van der Waals surface area (Å²) >= 11 is 22.4. The number of rotatable bonds is 0. The number of hydrogen-bond acceptors (Lipinski definition) is 3. The fourth-order valence-corrected chi connectivity index (χ4v) is 2.04. The van der Waals surface area contributed by atoms with Crippen LogP contribution < -0.4 is 0 Å². The van der Waals surface area contributed by atoms with Crippen molar-refractivity contribution < 1.29 is 4.39 Å². The van der Waals surface area contributed by atoms with E-state index in [1.165, 1.54) is 0 Å². The molecule has 0 bridgehead atoms. The van der Waals surface area contributed by atoms with E-state index in [1.54, 1.807) is 0 Å². The van der Waals surface area contributed by atoms with Crippen molar-refractivity contribution in [2.24, 2.45) is 0 Å². The van der Waals surface area contributed by atoms with Crippen LogP contribution in [0.15, 0.2) is 0 Å². The van der Waals surface area contributed by atoms with E-state index in [0.717, 1.165) is 0 Å². The smallest absolute Gasteiger partial charge is 0.220 e. The number of halogens is 5. The predicted molar refractivity (Wildman–Crippen MR) is 57.3 cm³/mol. The Bertz CT molecular complexity index is 551. The van der Waals surface area contributed by atoms with Crippen LogP contribution in [0.25, 0.3) is 10.9 Å². The van der Waals surface area contributed by atoms with Gasteiger partial charge in [-0.25, -0.2) is 19.3 Å². The van der Waals surface area contributed by atoms with Crippen LogP contribution in [0, 0.1) is 5.82 Å². The molecule has 0 amide bonds. The first-order valence-corrected chi connectivity index (χ1v) is 5.05. The van der Waals surface area contributed by atoms with Gasteiger partial charge in [-0.3, -0.25) is 0 Å². The van der Waals surface area contributed by atoms with E-state index in [9.17, 15) is 4.39 Å². The minimum atomic E-state index is -0.831. The highest BCUT2D eigenvalue weighted by Crippen LogP contribution is 2.31. The average molecular weight is 287 g/mol. The third-order valence-electron chi connectivity index (χ3n) is 1.63. The molecular formula is C7Cl4FN3. The first kappa shape index (κ1) is 11.1. The highest BCUT2D eigenvalue weighted by molar-refractivity contribution is 6.42. The Morgan fingerprint density at radius 3 is 2.07 bits per heavy atom. The molecule has 8 heteroatoms. The SMILES string of the molecule is Fc1c(Cl)nc(Cl)c2c(Cl)nc(Cl)nc12. The zero-order valence-corrected chi connectivity index (χ0v) is 9.76. The largest absolute Gasteiger partial charge is 0.224 e. The van der Waals surface area contributed by atoms with Crippen molar-refractivity contribution in [3.8, 4) is 0 Å². The van der Waals surface area contributed by atoms with Gasteiger partial charge in [0.1, 0.15) is 15.8 Å². The lowest BCUT2D eigenvalue weighted by molar-refractivity contribution is 0.631. The molecule has 0 aliphatic heterocycles. The van der Waals surface area contributed by atoms with Gasteiger partial charge < -0.3 is 0 Å². The molecular weight excluding hydrogens is 287 g/mol. The Morgan fingerprint density at radius 2 is 1.40 bits per heavy atom. The van der Waals surface area contributed by atoms with Crippen LogP contribution >= 0.6 is 46.4 Å². The van der Waals surface area contributed by atoms with Crippen LogP contribution in [-0.4, -0.2) is 15.0 Å². The molecule has 3 nitrogen and oxygen atoms in total. The molecule has 0 radical (unpaired) electrons. The second kappa shape index (κ2) is 3.87. The Morgan fingerprint density at radius 1 is 0.800 bits per heavy atom. The van der Waals surface area contributed by atoms with Gasteiger partial charge in [0.05, 0.1) is 5.39 Å². The van der Waals surface area contributed by atoms with E-state index in [0.29, 0.717) is 0 Å². The van der Waals surface area contributed by atoms with Crippen LogP contribution in [0.1, 0.15) is 0 Å². The molecule has 0 aromatic carbocycles. The number of pyridine rings is 1. The first-order chi connectivity index (χ1) is 7.00. The summed E-state index contributed by atoms with van der Waals surface area (Å²) in [6, 6.07) is 0. The van der Waals surface area contributed by atoms with Gasteiger partial charge in [0.15, 0.2) is 11.0 Å². The quantitative estimate of drug-likeness (QED) is 0.420. The van der Waals surface area contributed by atoms with E-state index < -0.39 is 11.0 Å². The molecule has 0 saturated carbocycles. The zero-order valence-electron chi connectivity index (χ0n) is 6.73. The molecule has 0 aliphatic carbocycles. The molecule has 2 heterocycles. The lowest BCUT2D eigenvalue weighted by Crippen LogP contribution is -1.94. The van der Waals surface area contributed by atoms with Crippen molar-refractivity contribution >= 4 is 57.3 Å². The van der Waals surface area contributed by atoms with Crippen LogP contribution in [-0.2, 0) is 0 Å². The normalized spacial score (nSPS) is 11.0. The van der Waals surface area contributed by atoms with Crippen LogP contribution in [0.5, 0.6) is 0 Å². The summed E-state index contributed by atoms with van der Waals surface area (Å²) in [5.74, 6) is -0.831. The Labute approximate surface area is 103 Å². The van der Waals surface area contributed by atoms with Crippen molar-refractivity contribution in [3.05, 3.63) is 26.6 Å². The molecule has 0 atom stereocenters. The summed E-state index contributed by atoms with van der Waals surface area (Å²) < 4.78 is 13.5. The highest BCUT2D eigenvalue weighted by atomic mass is 35.5. The van der Waals surface area contributed by atoms with Gasteiger partial charge >= 0.3 is 0 Å². The summed E-state index contributed by atoms with van der Waals surface area (Å²) in [5.41, 5.74) is -0.148. The van der Waals surface area contributed by atoms with Crippen molar-refractivity contribution in [2.75, 3.05) is 0 Å². The molecule has 15 heavy (non-hydrogen) atoms. The monoisotopic (exact) mass is 285 g/mol. The van der Waals surface area contributed by atoms with Crippen molar-refractivity contribution in [1.82, 2.24) is 15.0 Å². The maximum Gasteiger partial charge on any atom is 0.224 e. The third-order valence-corrected chi connectivity index (χ3v) is 2.60. The van der Waals surface area contributed by atoms with Gasteiger partial charge in [0.25, 0.3) is 0 Å². The number of aromatic nitrogens is 3. The van der Waals surface area contributed by atoms with Crippen LogP contribution in [0.4, 0.5) is 4.39 Å². The molecule has 0 aliphatic rings. The summed E-state index contributed by atoms with van der Waals surface area (Å²) in [7, 11) is 0. The average Bonchev–Trinajstić information content (AvgIpc) is 2.12. The maximum absolute atomic E-state index is 13.5. The summed E-state index contributed by atoms with van der Waals surface area (Å²) in [6.07, 6.45) is 0. The molecule has 0 fully saturated rings. The molecule has 2 aromatic rings. The number of nitrogens with zero attached hydrogens (tertiary/aromatic N) is 3. The van der Waals surface area contributed by atoms with Crippen LogP contribution in [0.3, 0.4) is 0 Å². The lowest BCUT2D eigenvalue weighted by atomic mass is 10.3. The maximum atomic E-state index is 13.5. The van der Waals surface area contributed by atoms with Gasteiger partial charge in [0.2, 0.25) is 5.28 Å².